The molecule has 2 heterocycles. The zero-order valence-electron chi connectivity index (χ0n) is 29.5. The molecule has 0 fully saturated rings. The minimum Gasteiger partial charge on any atom is -0.435 e. The van der Waals surface area contributed by atoms with Crippen molar-refractivity contribution in [2.75, 3.05) is 0 Å². The summed E-state index contributed by atoms with van der Waals surface area (Å²) in [6.07, 6.45) is 0. The van der Waals surface area contributed by atoms with Crippen LogP contribution in [0.2, 0.25) is 0 Å². The molecule has 9 aromatic carbocycles. The first-order valence-corrected chi connectivity index (χ1v) is 18.4. The van der Waals surface area contributed by atoms with Crippen LogP contribution in [0.4, 0.5) is 0 Å². The summed E-state index contributed by atoms with van der Waals surface area (Å²) in [7, 11) is 0. The van der Waals surface area contributed by atoms with Gasteiger partial charge in [0.2, 0.25) is 5.89 Å². The highest BCUT2D eigenvalue weighted by atomic mass is 16.3. The fraction of sp³-hybridized carbons (Fsp3) is 0. The van der Waals surface area contributed by atoms with Crippen molar-refractivity contribution in [1.29, 1.82) is 0 Å². The number of fused-ring (bicyclic) bond motifs is 7. The lowest BCUT2D eigenvalue weighted by atomic mass is 9.93. The molecule has 55 heavy (non-hydrogen) atoms. The standard InChI is InChI=1S/C50H30N4O/c1-2-13-34(14-3-1)50-51-44-28-26-33-16-10-20-42(45(33)46(44)55-50)41-18-8-9-19-43(41)49-53-47(37-24-21-31-11-4-5-15-35(31)29-37)52-48(54-49)38-25-27-40-36(30-38)23-22-32-12-6-7-17-39(32)40/h1-30H. The minimum atomic E-state index is 0.592. The molecule has 5 heteroatoms. The number of hydrogen-bond donors (Lipinski definition) is 0. The predicted octanol–water partition coefficient (Wildman–Crippen LogP) is 13.0. The van der Waals surface area contributed by atoms with Crippen molar-refractivity contribution < 1.29 is 4.42 Å². The molecule has 0 N–H and O–H groups in total. The molecule has 0 saturated heterocycles. The van der Waals surface area contributed by atoms with Crippen LogP contribution in [-0.2, 0) is 0 Å². The summed E-state index contributed by atoms with van der Waals surface area (Å²) in [5.41, 5.74) is 7.24. The Labute approximate surface area is 316 Å². The lowest BCUT2D eigenvalue weighted by Gasteiger charge is -2.14. The molecule has 0 amide bonds. The van der Waals surface area contributed by atoms with Crippen LogP contribution >= 0.6 is 0 Å². The van der Waals surface area contributed by atoms with E-state index in [0.29, 0.717) is 23.4 Å². The fourth-order valence-corrected chi connectivity index (χ4v) is 7.83. The number of rotatable bonds is 5. The molecule has 11 rings (SSSR count). The van der Waals surface area contributed by atoms with E-state index in [-0.39, 0.29) is 0 Å². The molecule has 0 aliphatic rings. The van der Waals surface area contributed by atoms with Gasteiger partial charge in [-0.3, -0.25) is 0 Å². The van der Waals surface area contributed by atoms with Crippen LogP contribution in [0.1, 0.15) is 0 Å². The zero-order valence-corrected chi connectivity index (χ0v) is 29.5. The van der Waals surface area contributed by atoms with E-state index in [1.807, 2.05) is 42.5 Å². The van der Waals surface area contributed by atoms with Gasteiger partial charge in [0.05, 0.1) is 0 Å². The molecule has 11 aromatic rings. The van der Waals surface area contributed by atoms with Crippen molar-refractivity contribution in [2.45, 2.75) is 0 Å². The molecular formula is C50H30N4O. The largest absolute Gasteiger partial charge is 0.435 e. The Kier molecular flexibility index (Phi) is 7.10. The summed E-state index contributed by atoms with van der Waals surface area (Å²) in [5, 5.41) is 9.11. The van der Waals surface area contributed by atoms with E-state index in [1.54, 1.807) is 0 Å². The molecular weight excluding hydrogens is 673 g/mol. The normalized spacial score (nSPS) is 11.6. The van der Waals surface area contributed by atoms with Crippen molar-refractivity contribution >= 4 is 54.2 Å². The molecule has 0 aliphatic carbocycles. The topological polar surface area (TPSA) is 64.7 Å². The first kappa shape index (κ1) is 31.1. The summed E-state index contributed by atoms with van der Waals surface area (Å²) < 4.78 is 6.57. The third-order valence-corrected chi connectivity index (χ3v) is 10.5. The van der Waals surface area contributed by atoms with Gasteiger partial charge in [-0.25, -0.2) is 19.9 Å². The van der Waals surface area contributed by atoms with Crippen LogP contribution in [0.15, 0.2) is 186 Å². The lowest BCUT2D eigenvalue weighted by Crippen LogP contribution is -2.01. The van der Waals surface area contributed by atoms with Crippen LogP contribution in [0.3, 0.4) is 0 Å². The first-order chi connectivity index (χ1) is 27.2. The van der Waals surface area contributed by atoms with Gasteiger partial charge >= 0.3 is 0 Å². The molecule has 0 aliphatic heterocycles. The molecule has 0 bridgehead atoms. The van der Waals surface area contributed by atoms with Gasteiger partial charge in [-0.05, 0) is 79.2 Å². The highest BCUT2D eigenvalue weighted by Gasteiger charge is 2.20. The van der Waals surface area contributed by atoms with Gasteiger partial charge in [0, 0.05) is 27.6 Å². The van der Waals surface area contributed by atoms with E-state index in [2.05, 4.69) is 140 Å². The summed E-state index contributed by atoms with van der Waals surface area (Å²) in [5.74, 6) is 2.41. The van der Waals surface area contributed by atoms with Crippen LogP contribution in [0, 0.1) is 0 Å². The van der Waals surface area contributed by atoms with Gasteiger partial charge in [-0.15, -0.1) is 0 Å². The van der Waals surface area contributed by atoms with Gasteiger partial charge in [0.25, 0.3) is 0 Å². The van der Waals surface area contributed by atoms with E-state index in [9.17, 15) is 0 Å². The number of hydrogen-bond acceptors (Lipinski definition) is 5. The second-order valence-electron chi connectivity index (χ2n) is 13.8. The molecule has 0 radical (unpaired) electrons. The Balaban J connectivity index is 1.13. The SMILES string of the molecule is c1ccc(-c2nc3ccc4cccc(-c5ccccc5-c5nc(-c6ccc7ccccc7c6)nc(-c6ccc7c(ccc8ccccc87)c6)n5)c4c3o2)cc1. The van der Waals surface area contributed by atoms with Gasteiger partial charge in [0.15, 0.2) is 23.1 Å². The quantitative estimate of drug-likeness (QED) is 0.167. The van der Waals surface area contributed by atoms with E-state index in [0.717, 1.165) is 71.4 Å². The summed E-state index contributed by atoms with van der Waals surface area (Å²) in [6.45, 7) is 0. The van der Waals surface area contributed by atoms with Crippen LogP contribution in [0.25, 0.3) is 111 Å². The Morgan fingerprint density at radius 3 is 1.76 bits per heavy atom. The van der Waals surface area contributed by atoms with Gasteiger partial charge < -0.3 is 4.42 Å². The molecule has 2 aromatic heterocycles. The smallest absolute Gasteiger partial charge is 0.227 e. The molecule has 5 nitrogen and oxygen atoms in total. The van der Waals surface area contributed by atoms with E-state index >= 15 is 0 Å². The van der Waals surface area contributed by atoms with Gasteiger partial charge in [-0.2, -0.15) is 0 Å². The van der Waals surface area contributed by atoms with E-state index < -0.39 is 0 Å². The van der Waals surface area contributed by atoms with E-state index in [4.69, 9.17) is 24.4 Å². The summed E-state index contributed by atoms with van der Waals surface area (Å²) in [4.78, 5) is 20.5. The third kappa shape index (κ3) is 5.33. The zero-order chi connectivity index (χ0) is 36.3. The number of nitrogens with zero attached hydrogens (tertiary/aromatic N) is 4. The van der Waals surface area contributed by atoms with Crippen molar-refractivity contribution in [3.63, 3.8) is 0 Å². The lowest BCUT2D eigenvalue weighted by molar-refractivity contribution is 0.623. The molecule has 0 atom stereocenters. The third-order valence-electron chi connectivity index (χ3n) is 10.5. The van der Waals surface area contributed by atoms with Gasteiger partial charge in [0.1, 0.15) is 5.52 Å². The summed E-state index contributed by atoms with van der Waals surface area (Å²) >= 11 is 0. The predicted molar refractivity (Wildman–Crippen MR) is 225 cm³/mol. The maximum Gasteiger partial charge on any atom is 0.227 e. The minimum absolute atomic E-state index is 0.592. The average Bonchev–Trinajstić information content (AvgIpc) is 3.71. The van der Waals surface area contributed by atoms with Crippen molar-refractivity contribution in [3.8, 4) is 56.7 Å². The highest BCUT2D eigenvalue weighted by Crippen LogP contribution is 2.40. The number of oxazole rings is 1. The van der Waals surface area contributed by atoms with Gasteiger partial charge in [-0.1, -0.05) is 152 Å². The Hall–Kier alpha value is -7.50. The Morgan fingerprint density at radius 2 is 0.909 bits per heavy atom. The molecule has 0 saturated carbocycles. The first-order valence-electron chi connectivity index (χ1n) is 18.4. The second kappa shape index (κ2) is 12.6. The van der Waals surface area contributed by atoms with Crippen LogP contribution < -0.4 is 0 Å². The van der Waals surface area contributed by atoms with E-state index in [1.165, 1.54) is 16.2 Å². The molecule has 256 valence electrons. The van der Waals surface area contributed by atoms with Crippen molar-refractivity contribution in [1.82, 2.24) is 19.9 Å². The van der Waals surface area contributed by atoms with Crippen molar-refractivity contribution in [3.05, 3.63) is 182 Å². The van der Waals surface area contributed by atoms with Crippen LogP contribution in [-0.4, -0.2) is 19.9 Å². The fourth-order valence-electron chi connectivity index (χ4n) is 7.83. The maximum absolute atomic E-state index is 6.57. The molecule has 0 unspecified atom stereocenters. The Morgan fingerprint density at radius 1 is 0.327 bits per heavy atom. The number of benzene rings is 9. The maximum atomic E-state index is 6.57. The monoisotopic (exact) mass is 702 g/mol. The van der Waals surface area contributed by atoms with Crippen molar-refractivity contribution in [2.24, 2.45) is 0 Å². The number of aromatic nitrogens is 4. The second-order valence-corrected chi connectivity index (χ2v) is 13.8. The van der Waals surface area contributed by atoms with Crippen LogP contribution in [0.5, 0.6) is 0 Å². The highest BCUT2D eigenvalue weighted by molar-refractivity contribution is 6.13. The Bertz CT molecular complexity index is 3280. The average molecular weight is 703 g/mol. The molecule has 0 spiro atoms. The summed E-state index contributed by atoms with van der Waals surface area (Å²) in [6, 6.07) is 63.0.